The molecule has 1 fully saturated rings. The first kappa shape index (κ1) is 19.7. The van der Waals surface area contributed by atoms with E-state index >= 15 is 0 Å². The fourth-order valence-corrected chi connectivity index (χ4v) is 3.40. The summed E-state index contributed by atoms with van der Waals surface area (Å²) in [6.45, 7) is 6.01. The van der Waals surface area contributed by atoms with Crippen LogP contribution in [0.25, 0.3) is 0 Å². The third-order valence-electron chi connectivity index (χ3n) is 5.00. The van der Waals surface area contributed by atoms with E-state index in [1.54, 1.807) is 0 Å². The summed E-state index contributed by atoms with van der Waals surface area (Å²) in [7, 11) is 0. The van der Waals surface area contributed by atoms with Gasteiger partial charge in [0, 0.05) is 31.0 Å². The van der Waals surface area contributed by atoms with Crippen molar-refractivity contribution in [3.63, 3.8) is 0 Å². The van der Waals surface area contributed by atoms with E-state index in [2.05, 4.69) is 16.0 Å². The Labute approximate surface area is 166 Å². The average molecular weight is 380 g/mol. The Morgan fingerprint density at radius 1 is 0.929 bits per heavy atom. The highest BCUT2D eigenvalue weighted by Crippen LogP contribution is 2.18. The Bertz CT molecular complexity index is 829. The molecule has 1 aliphatic rings. The molecule has 0 atom stereocenters. The molecule has 4 amide bonds. The zero-order chi connectivity index (χ0) is 19.9. The van der Waals surface area contributed by atoms with Crippen LogP contribution in [0, 0.1) is 19.8 Å². The molecule has 0 spiro atoms. The fraction of sp³-hybridized carbons (Fsp3) is 0.364. The van der Waals surface area contributed by atoms with E-state index in [1.165, 1.54) is 0 Å². The van der Waals surface area contributed by atoms with E-state index in [0.29, 0.717) is 25.6 Å². The Morgan fingerprint density at radius 3 is 2.07 bits per heavy atom. The highest BCUT2D eigenvalue weighted by molar-refractivity contribution is 5.90. The second kappa shape index (κ2) is 9.26. The number of likely N-dealkylation sites (tertiary alicyclic amines) is 1. The number of rotatable bonds is 4. The van der Waals surface area contributed by atoms with Crippen LogP contribution in [0.4, 0.5) is 21.0 Å². The van der Waals surface area contributed by atoms with Gasteiger partial charge in [-0.25, -0.2) is 9.59 Å². The van der Waals surface area contributed by atoms with Gasteiger partial charge in [-0.2, -0.15) is 0 Å². The van der Waals surface area contributed by atoms with E-state index in [1.807, 2.05) is 67.3 Å². The molecule has 0 saturated carbocycles. The van der Waals surface area contributed by atoms with Gasteiger partial charge in [0.15, 0.2) is 0 Å². The number of nitrogens with one attached hydrogen (secondary N) is 3. The van der Waals surface area contributed by atoms with Gasteiger partial charge in [0.25, 0.3) is 0 Å². The van der Waals surface area contributed by atoms with Gasteiger partial charge in [-0.3, -0.25) is 0 Å². The molecule has 3 rings (SSSR count). The molecule has 1 heterocycles. The molecule has 1 saturated heterocycles. The van der Waals surface area contributed by atoms with Gasteiger partial charge < -0.3 is 20.9 Å². The van der Waals surface area contributed by atoms with E-state index in [4.69, 9.17) is 0 Å². The van der Waals surface area contributed by atoms with Crippen molar-refractivity contribution in [2.24, 2.45) is 5.92 Å². The van der Waals surface area contributed by atoms with Crippen LogP contribution in [0.15, 0.2) is 48.5 Å². The lowest BCUT2D eigenvalue weighted by molar-refractivity contribution is 0.181. The number of hydrogen-bond donors (Lipinski definition) is 3. The van der Waals surface area contributed by atoms with E-state index in [9.17, 15) is 9.59 Å². The van der Waals surface area contributed by atoms with Gasteiger partial charge >= 0.3 is 12.1 Å². The molecule has 1 aliphatic heterocycles. The first-order chi connectivity index (χ1) is 13.5. The summed E-state index contributed by atoms with van der Waals surface area (Å²) in [6, 6.07) is 15.3. The zero-order valence-electron chi connectivity index (χ0n) is 16.5. The third kappa shape index (κ3) is 5.74. The Balaban J connectivity index is 1.39. The van der Waals surface area contributed by atoms with Crippen molar-refractivity contribution in [2.75, 3.05) is 30.3 Å². The van der Waals surface area contributed by atoms with Crippen LogP contribution in [0.5, 0.6) is 0 Å². The summed E-state index contributed by atoms with van der Waals surface area (Å²) in [5, 5.41) is 8.75. The zero-order valence-corrected chi connectivity index (χ0v) is 16.5. The number of aryl methyl sites for hydroxylation is 2. The average Bonchev–Trinajstić information content (AvgIpc) is 2.67. The molecule has 0 aliphatic carbocycles. The standard InChI is InChI=1S/C22H28N4O2/c1-16-5-3-7-19(13-16)24-21(27)23-15-18-9-11-26(12-10-18)22(28)25-20-8-4-6-17(2)14-20/h3-8,13-14,18H,9-12,15H2,1-2H3,(H,25,28)(H2,23,24,27). The Kier molecular flexibility index (Phi) is 6.53. The van der Waals surface area contributed by atoms with Gasteiger partial charge in [-0.05, 0) is 68.0 Å². The quantitative estimate of drug-likeness (QED) is 0.737. The molecule has 0 aromatic heterocycles. The van der Waals surface area contributed by atoms with Crippen LogP contribution in [-0.2, 0) is 0 Å². The van der Waals surface area contributed by atoms with Crippen molar-refractivity contribution in [2.45, 2.75) is 26.7 Å². The largest absolute Gasteiger partial charge is 0.338 e. The summed E-state index contributed by atoms with van der Waals surface area (Å²) in [5.41, 5.74) is 3.84. The SMILES string of the molecule is Cc1cccc(NC(=O)NCC2CCN(C(=O)Nc3cccc(C)c3)CC2)c1. The van der Waals surface area contributed by atoms with Gasteiger partial charge in [0.05, 0.1) is 0 Å². The number of hydrogen-bond acceptors (Lipinski definition) is 2. The molecule has 0 radical (unpaired) electrons. The first-order valence-electron chi connectivity index (χ1n) is 9.74. The number of nitrogens with zero attached hydrogens (tertiary/aromatic N) is 1. The summed E-state index contributed by atoms with van der Waals surface area (Å²) in [4.78, 5) is 26.3. The second-order valence-electron chi connectivity index (χ2n) is 7.43. The molecule has 3 N–H and O–H groups in total. The summed E-state index contributed by atoms with van der Waals surface area (Å²) < 4.78 is 0. The van der Waals surface area contributed by atoms with Crippen molar-refractivity contribution in [1.29, 1.82) is 0 Å². The highest BCUT2D eigenvalue weighted by atomic mass is 16.2. The minimum Gasteiger partial charge on any atom is -0.338 e. The number of urea groups is 2. The predicted octanol–water partition coefficient (Wildman–Crippen LogP) is 4.37. The minimum absolute atomic E-state index is 0.0609. The maximum Gasteiger partial charge on any atom is 0.321 e. The number of carbonyl (C=O) groups excluding carboxylic acids is 2. The number of amides is 4. The number of benzene rings is 2. The molecular formula is C22H28N4O2. The fourth-order valence-electron chi connectivity index (χ4n) is 3.40. The molecule has 28 heavy (non-hydrogen) atoms. The molecule has 0 unspecified atom stereocenters. The molecule has 2 aromatic rings. The van der Waals surface area contributed by atoms with Crippen LogP contribution in [0.1, 0.15) is 24.0 Å². The first-order valence-corrected chi connectivity index (χ1v) is 9.74. The lowest BCUT2D eigenvalue weighted by Gasteiger charge is -2.32. The van der Waals surface area contributed by atoms with Crippen molar-refractivity contribution >= 4 is 23.4 Å². The molecule has 2 aromatic carbocycles. The molecule has 148 valence electrons. The van der Waals surface area contributed by atoms with Crippen molar-refractivity contribution < 1.29 is 9.59 Å². The van der Waals surface area contributed by atoms with E-state index in [-0.39, 0.29) is 12.1 Å². The van der Waals surface area contributed by atoms with Crippen molar-refractivity contribution in [1.82, 2.24) is 10.2 Å². The van der Waals surface area contributed by atoms with Crippen LogP contribution in [0.2, 0.25) is 0 Å². The van der Waals surface area contributed by atoms with Crippen LogP contribution >= 0.6 is 0 Å². The lowest BCUT2D eigenvalue weighted by Crippen LogP contribution is -2.43. The van der Waals surface area contributed by atoms with Crippen LogP contribution in [0.3, 0.4) is 0 Å². The van der Waals surface area contributed by atoms with Gasteiger partial charge in [-0.1, -0.05) is 24.3 Å². The van der Waals surface area contributed by atoms with Crippen LogP contribution in [-0.4, -0.2) is 36.6 Å². The summed E-state index contributed by atoms with van der Waals surface area (Å²) in [6.07, 6.45) is 1.76. The molecular weight excluding hydrogens is 352 g/mol. The maximum atomic E-state index is 12.4. The smallest absolute Gasteiger partial charge is 0.321 e. The molecule has 6 heteroatoms. The van der Waals surface area contributed by atoms with E-state index in [0.717, 1.165) is 35.3 Å². The molecule has 6 nitrogen and oxygen atoms in total. The minimum atomic E-state index is -0.190. The Morgan fingerprint density at radius 2 is 1.50 bits per heavy atom. The summed E-state index contributed by atoms with van der Waals surface area (Å²) in [5.74, 6) is 0.381. The van der Waals surface area contributed by atoms with Gasteiger partial charge in [-0.15, -0.1) is 0 Å². The van der Waals surface area contributed by atoms with Crippen molar-refractivity contribution in [3.05, 3.63) is 59.7 Å². The predicted molar refractivity (Wildman–Crippen MR) is 113 cm³/mol. The highest BCUT2D eigenvalue weighted by Gasteiger charge is 2.23. The van der Waals surface area contributed by atoms with E-state index < -0.39 is 0 Å². The normalized spacial score (nSPS) is 14.4. The maximum absolute atomic E-state index is 12.4. The second-order valence-corrected chi connectivity index (χ2v) is 7.43. The molecule has 0 bridgehead atoms. The van der Waals surface area contributed by atoms with Crippen LogP contribution < -0.4 is 16.0 Å². The topological polar surface area (TPSA) is 73.5 Å². The lowest BCUT2D eigenvalue weighted by atomic mass is 9.97. The van der Waals surface area contributed by atoms with Gasteiger partial charge in [0.2, 0.25) is 0 Å². The summed E-state index contributed by atoms with van der Waals surface area (Å²) >= 11 is 0. The number of carbonyl (C=O) groups is 2. The van der Waals surface area contributed by atoms with Gasteiger partial charge in [0.1, 0.15) is 0 Å². The number of anilines is 2. The van der Waals surface area contributed by atoms with Crippen molar-refractivity contribution in [3.8, 4) is 0 Å². The third-order valence-corrected chi connectivity index (χ3v) is 5.00. The number of piperidine rings is 1. The Hall–Kier alpha value is -3.02. The monoisotopic (exact) mass is 380 g/mol.